The molecule has 11 nitrogen and oxygen atoms in total. The number of hydrogen-bond donors (Lipinski definition) is 2. The summed E-state index contributed by atoms with van der Waals surface area (Å²) >= 11 is 0. The Labute approximate surface area is 202 Å². The number of carbonyl (C=O) groups is 1. The van der Waals surface area contributed by atoms with Crippen molar-refractivity contribution in [1.29, 1.82) is 0 Å². The van der Waals surface area contributed by atoms with Crippen molar-refractivity contribution in [3.05, 3.63) is 36.4 Å². The van der Waals surface area contributed by atoms with Crippen molar-refractivity contribution in [2.45, 2.75) is 36.6 Å². The Morgan fingerprint density at radius 3 is 2.54 bits per heavy atom. The molecule has 6 rings (SSSR count). The smallest absolute Gasteiger partial charge is 0.249 e. The zero-order chi connectivity index (χ0) is 24.0. The SMILES string of the molecule is O=C(Nc1nc2cccc(N3CCC(NS(=O)(=O)c4ccc5c(c4)OCCO5)CC3)n2n1)C1CC1. The number of fused-ring (bicyclic) bond motifs is 2. The van der Waals surface area contributed by atoms with Gasteiger partial charge in [0.15, 0.2) is 17.1 Å². The predicted octanol–water partition coefficient (Wildman–Crippen LogP) is 1.80. The summed E-state index contributed by atoms with van der Waals surface area (Å²) in [4.78, 5) is 18.8. The van der Waals surface area contributed by atoms with Crippen LogP contribution in [0.4, 0.5) is 11.8 Å². The molecule has 0 spiro atoms. The average Bonchev–Trinajstić information content (AvgIpc) is 3.64. The number of ether oxygens (including phenoxy) is 2. The molecule has 1 saturated heterocycles. The number of hydrogen-bond acceptors (Lipinski definition) is 8. The van der Waals surface area contributed by atoms with E-state index in [4.69, 9.17) is 9.47 Å². The minimum absolute atomic E-state index is 0.0337. The zero-order valence-corrected chi connectivity index (χ0v) is 19.8. The molecule has 184 valence electrons. The lowest BCUT2D eigenvalue weighted by Gasteiger charge is -2.33. The van der Waals surface area contributed by atoms with Gasteiger partial charge < -0.3 is 14.4 Å². The molecule has 0 atom stereocenters. The molecular weight excluding hydrogens is 472 g/mol. The van der Waals surface area contributed by atoms with Crippen molar-refractivity contribution >= 4 is 33.3 Å². The van der Waals surface area contributed by atoms with Crippen LogP contribution in [0.5, 0.6) is 11.5 Å². The van der Waals surface area contributed by atoms with E-state index < -0.39 is 10.0 Å². The number of rotatable bonds is 6. The second-order valence-corrected chi connectivity index (χ2v) is 10.8. The van der Waals surface area contributed by atoms with E-state index in [1.165, 1.54) is 12.1 Å². The fraction of sp³-hybridized carbons (Fsp3) is 0.435. The number of carbonyl (C=O) groups excluding carboxylic acids is 1. The van der Waals surface area contributed by atoms with E-state index in [1.54, 1.807) is 10.6 Å². The molecule has 3 aliphatic rings. The summed E-state index contributed by atoms with van der Waals surface area (Å²) in [5.74, 6) is 2.20. The second-order valence-electron chi connectivity index (χ2n) is 9.04. The molecule has 1 aliphatic carbocycles. The minimum atomic E-state index is -3.69. The van der Waals surface area contributed by atoms with Crippen molar-refractivity contribution in [1.82, 2.24) is 19.3 Å². The molecule has 0 unspecified atom stereocenters. The number of amides is 1. The van der Waals surface area contributed by atoms with E-state index in [2.05, 4.69) is 25.0 Å². The fourth-order valence-corrected chi connectivity index (χ4v) is 5.77. The number of nitrogens with zero attached hydrogens (tertiary/aromatic N) is 4. The molecule has 2 aromatic heterocycles. The zero-order valence-electron chi connectivity index (χ0n) is 19.0. The lowest BCUT2D eigenvalue weighted by atomic mass is 10.1. The average molecular weight is 499 g/mol. The van der Waals surface area contributed by atoms with Crippen LogP contribution in [0.25, 0.3) is 5.65 Å². The Hall–Kier alpha value is -3.38. The van der Waals surface area contributed by atoms with Crippen molar-refractivity contribution in [2.75, 3.05) is 36.5 Å². The molecule has 0 bridgehead atoms. The Morgan fingerprint density at radius 1 is 1.00 bits per heavy atom. The van der Waals surface area contributed by atoms with Crippen LogP contribution >= 0.6 is 0 Å². The van der Waals surface area contributed by atoms with Crippen molar-refractivity contribution in [3.8, 4) is 11.5 Å². The van der Waals surface area contributed by atoms with Crippen LogP contribution in [0, 0.1) is 5.92 Å². The molecule has 2 aliphatic heterocycles. The van der Waals surface area contributed by atoms with Gasteiger partial charge in [0.25, 0.3) is 0 Å². The largest absolute Gasteiger partial charge is 0.486 e. The van der Waals surface area contributed by atoms with Crippen LogP contribution < -0.4 is 24.4 Å². The maximum Gasteiger partial charge on any atom is 0.249 e. The highest BCUT2D eigenvalue weighted by Gasteiger charge is 2.31. The van der Waals surface area contributed by atoms with Gasteiger partial charge in [-0.05, 0) is 49.9 Å². The number of pyridine rings is 1. The summed E-state index contributed by atoms with van der Waals surface area (Å²) in [6.45, 7) is 2.15. The Bertz CT molecular complexity index is 1380. The third kappa shape index (κ3) is 4.50. The summed E-state index contributed by atoms with van der Waals surface area (Å²) in [6.07, 6.45) is 3.11. The Morgan fingerprint density at radius 2 is 1.77 bits per heavy atom. The third-order valence-electron chi connectivity index (χ3n) is 6.49. The van der Waals surface area contributed by atoms with E-state index in [0.29, 0.717) is 62.2 Å². The highest BCUT2D eigenvalue weighted by Crippen LogP contribution is 2.33. The van der Waals surface area contributed by atoms with Crippen LogP contribution in [-0.2, 0) is 14.8 Å². The number of nitrogens with one attached hydrogen (secondary N) is 2. The maximum absolute atomic E-state index is 13.0. The molecule has 1 amide bonds. The van der Waals surface area contributed by atoms with Crippen LogP contribution in [-0.4, -0.2) is 61.3 Å². The molecule has 2 N–H and O–H groups in total. The summed E-state index contributed by atoms with van der Waals surface area (Å²) in [7, 11) is -3.69. The quantitative estimate of drug-likeness (QED) is 0.527. The van der Waals surface area contributed by atoms with Crippen molar-refractivity contribution < 1.29 is 22.7 Å². The fourth-order valence-electron chi connectivity index (χ4n) is 4.45. The molecular formula is C23H26N6O5S. The number of anilines is 2. The Kier molecular flexibility index (Phi) is 5.49. The van der Waals surface area contributed by atoms with Gasteiger partial charge in [0, 0.05) is 31.1 Å². The number of sulfonamides is 1. The van der Waals surface area contributed by atoms with E-state index in [0.717, 1.165) is 18.7 Å². The van der Waals surface area contributed by atoms with Crippen LogP contribution in [0.1, 0.15) is 25.7 Å². The van der Waals surface area contributed by atoms with Gasteiger partial charge >= 0.3 is 0 Å². The van der Waals surface area contributed by atoms with Gasteiger partial charge in [-0.2, -0.15) is 9.50 Å². The molecule has 35 heavy (non-hydrogen) atoms. The van der Waals surface area contributed by atoms with Crippen molar-refractivity contribution in [3.63, 3.8) is 0 Å². The predicted molar refractivity (Wildman–Crippen MR) is 127 cm³/mol. The number of benzene rings is 1. The number of aromatic nitrogens is 3. The van der Waals surface area contributed by atoms with E-state index in [1.807, 2.05) is 18.2 Å². The maximum atomic E-state index is 13.0. The standard InChI is InChI=1S/C23H26N6O5S/c30-22(15-4-5-15)25-23-24-20-2-1-3-21(29(20)26-23)28-10-8-16(9-11-28)27-35(31,32)17-6-7-18-19(14-17)34-13-12-33-18/h1-3,6-7,14-16,27H,4-5,8-13H2,(H,25,26,30). The summed E-state index contributed by atoms with van der Waals surface area (Å²) in [5, 5.41) is 7.29. The summed E-state index contributed by atoms with van der Waals surface area (Å²) in [6, 6.07) is 10.2. The van der Waals surface area contributed by atoms with Crippen LogP contribution in [0.2, 0.25) is 0 Å². The first-order chi connectivity index (χ1) is 17.0. The van der Waals surface area contributed by atoms with Gasteiger partial charge in [-0.15, -0.1) is 5.10 Å². The van der Waals surface area contributed by atoms with Gasteiger partial charge in [0.2, 0.25) is 21.9 Å². The lowest BCUT2D eigenvalue weighted by molar-refractivity contribution is -0.117. The summed E-state index contributed by atoms with van der Waals surface area (Å²) in [5.41, 5.74) is 0.648. The molecule has 1 aromatic carbocycles. The Balaban J connectivity index is 1.12. The highest BCUT2D eigenvalue weighted by atomic mass is 32.2. The molecule has 1 saturated carbocycles. The summed E-state index contributed by atoms with van der Waals surface area (Å²) < 4.78 is 41.5. The topological polar surface area (TPSA) is 127 Å². The van der Waals surface area contributed by atoms with Gasteiger partial charge in [-0.3, -0.25) is 10.1 Å². The first kappa shape index (κ1) is 22.1. The van der Waals surface area contributed by atoms with Crippen LogP contribution in [0.3, 0.4) is 0 Å². The third-order valence-corrected chi connectivity index (χ3v) is 8.01. The van der Waals surface area contributed by atoms with E-state index >= 15 is 0 Å². The first-order valence-corrected chi connectivity index (χ1v) is 13.3. The van der Waals surface area contributed by atoms with Gasteiger partial charge in [-0.1, -0.05) is 6.07 Å². The van der Waals surface area contributed by atoms with Gasteiger partial charge in [-0.25, -0.2) is 13.1 Å². The number of piperidine rings is 1. The van der Waals surface area contributed by atoms with E-state index in [9.17, 15) is 13.2 Å². The molecule has 2 fully saturated rings. The van der Waals surface area contributed by atoms with Gasteiger partial charge in [0.1, 0.15) is 19.0 Å². The second kappa shape index (κ2) is 8.68. The monoisotopic (exact) mass is 498 g/mol. The normalized spacial score (nSPS) is 18.6. The molecule has 12 heteroatoms. The molecule has 0 radical (unpaired) electrons. The lowest BCUT2D eigenvalue weighted by Crippen LogP contribution is -2.45. The highest BCUT2D eigenvalue weighted by molar-refractivity contribution is 7.89. The van der Waals surface area contributed by atoms with Crippen molar-refractivity contribution in [2.24, 2.45) is 5.92 Å². The molecule has 3 aromatic rings. The molecule has 4 heterocycles. The van der Waals surface area contributed by atoms with Crippen LogP contribution in [0.15, 0.2) is 41.3 Å². The van der Waals surface area contributed by atoms with E-state index in [-0.39, 0.29) is 22.8 Å². The minimum Gasteiger partial charge on any atom is -0.486 e. The van der Waals surface area contributed by atoms with Gasteiger partial charge in [0.05, 0.1) is 4.90 Å². The first-order valence-electron chi connectivity index (χ1n) is 11.8.